The highest BCUT2D eigenvalue weighted by molar-refractivity contribution is 7.22. The maximum Gasteiger partial charge on any atom is 0.419 e. The van der Waals surface area contributed by atoms with Gasteiger partial charge in [-0.1, -0.05) is 18.2 Å². The van der Waals surface area contributed by atoms with Crippen LogP contribution in [0.4, 0.5) is 13.2 Å². The van der Waals surface area contributed by atoms with Crippen LogP contribution in [0.2, 0.25) is 0 Å². The number of rotatable bonds is 1. The van der Waals surface area contributed by atoms with Crippen LogP contribution < -0.4 is 5.69 Å². The van der Waals surface area contributed by atoms with Crippen LogP contribution in [0.25, 0.3) is 20.7 Å². The summed E-state index contributed by atoms with van der Waals surface area (Å²) in [5, 5.41) is 0.832. The molecule has 1 N–H and O–H groups in total. The van der Waals surface area contributed by atoms with E-state index in [-0.39, 0.29) is 5.69 Å². The third kappa shape index (κ3) is 2.20. The van der Waals surface area contributed by atoms with Crippen molar-refractivity contribution in [3.63, 3.8) is 0 Å². The fourth-order valence-electron chi connectivity index (χ4n) is 1.91. The van der Waals surface area contributed by atoms with Gasteiger partial charge in [0.05, 0.1) is 16.1 Å². The summed E-state index contributed by atoms with van der Waals surface area (Å²) < 4.78 is 39.7. The third-order valence-corrected chi connectivity index (χ3v) is 3.92. The van der Waals surface area contributed by atoms with Crippen molar-refractivity contribution in [1.29, 1.82) is 0 Å². The minimum atomic E-state index is -4.57. The Bertz CT molecular complexity index is 802. The fourth-order valence-corrected chi connectivity index (χ4v) is 2.99. The van der Waals surface area contributed by atoms with E-state index in [1.807, 2.05) is 18.2 Å². The van der Waals surface area contributed by atoms with Crippen molar-refractivity contribution in [2.45, 2.75) is 6.18 Å². The summed E-state index contributed by atoms with van der Waals surface area (Å²) in [6.45, 7) is 0. The standard InChI is InChI=1S/C13H7F3N2OS/c14-13(15,16)8-6-17-12(19)18-11(8)10-5-7-3-1-2-4-9(7)20-10/h1-6H,(H,17,18,19). The maximum absolute atomic E-state index is 13.0. The molecule has 3 rings (SSSR count). The lowest BCUT2D eigenvalue weighted by atomic mass is 10.2. The van der Waals surface area contributed by atoms with Crippen molar-refractivity contribution in [3.8, 4) is 10.6 Å². The van der Waals surface area contributed by atoms with Gasteiger partial charge in [0.25, 0.3) is 0 Å². The van der Waals surface area contributed by atoms with Crippen LogP contribution >= 0.6 is 11.3 Å². The van der Waals surface area contributed by atoms with Crippen LogP contribution in [-0.4, -0.2) is 9.97 Å². The topological polar surface area (TPSA) is 45.8 Å². The van der Waals surface area contributed by atoms with Gasteiger partial charge < -0.3 is 4.98 Å². The number of nitrogens with one attached hydrogen (secondary N) is 1. The van der Waals surface area contributed by atoms with Crippen molar-refractivity contribution < 1.29 is 13.2 Å². The summed E-state index contributed by atoms with van der Waals surface area (Å²) in [5.41, 5.74) is -1.98. The summed E-state index contributed by atoms with van der Waals surface area (Å²) in [6, 6.07) is 8.86. The molecule has 2 aromatic heterocycles. The van der Waals surface area contributed by atoms with Gasteiger partial charge in [0, 0.05) is 10.9 Å². The Kier molecular flexibility index (Phi) is 2.86. The fraction of sp³-hybridized carbons (Fsp3) is 0.0769. The summed E-state index contributed by atoms with van der Waals surface area (Å²) in [5.74, 6) is 0. The zero-order valence-corrected chi connectivity index (χ0v) is 10.7. The Morgan fingerprint density at radius 3 is 2.65 bits per heavy atom. The number of alkyl halides is 3. The molecule has 0 spiro atoms. The van der Waals surface area contributed by atoms with Gasteiger partial charge in [-0.15, -0.1) is 11.3 Å². The van der Waals surface area contributed by atoms with E-state index in [2.05, 4.69) is 9.97 Å². The summed E-state index contributed by atoms with van der Waals surface area (Å²) in [7, 11) is 0. The first-order valence-corrected chi connectivity index (χ1v) is 6.42. The second kappa shape index (κ2) is 4.45. The number of halogens is 3. The zero-order chi connectivity index (χ0) is 14.3. The van der Waals surface area contributed by atoms with E-state index in [1.165, 1.54) is 11.3 Å². The Morgan fingerprint density at radius 2 is 1.95 bits per heavy atom. The lowest BCUT2D eigenvalue weighted by Gasteiger charge is -2.09. The quantitative estimate of drug-likeness (QED) is 0.744. The van der Waals surface area contributed by atoms with Crippen molar-refractivity contribution in [2.75, 3.05) is 0 Å². The minimum absolute atomic E-state index is 0.237. The second-order valence-corrected chi connectivity index (χ2v) is 5.21. The monoisotopic (exact) mass is 296 g/mol. The van der Waals surface area contributed by atoms with E-state index in [0.717, 1.165) is 10.1 Å². The Hall–Kier alpha value is -2.15. The molecule has 0 aliphatic heterocycles. The normalized spacial score (nSPS) is 11.9. The molecule has 1 aromatic carbocycles. The first-order chi connectivity index (χ1) is 9.45. The molecule has 0 atom stereocenters. The Morgan fingerprint density at radius 1 is 1.20 bits per heavy atom. The molecular weight excluding hydrogens is 289 g/mol. The Balaban J connectivity index is 2.27. The SMILES string of the molecule is O=c1ncc(C(F)(F)F)c(-c2cc3ccccc3s2)[nH]1. The smallest absolute Gasteiger partial charge is 0.304 e. The van der Waals surface area contributed by atoms with Crippen LogP contribution in [0, 0.1) is 0 Å². The van der Waals surface area contributed by atoms with E-state index >= 15 is 0 Å². The molecule has 102 valence electrons. The van der Waals surface area contributed by atoms with E-state index in [0.29, 0.717) is 11.1 Å². The predicted octanol–water partition coefficient (Wildman–Crippen LogP) is 3.67. The molecule has 0 saturated heterocycles. The predicted molar refractivity (Wildman–Crippen MR) is 70.7 cm³/mol. The molecule has 0 amide bonds. The van der Waals surface area contributed by atoms with Gasteiger partial charge in [-0.3, -0.25) is 0 Å². The van der Waals surface area contributed by atoms with E-state index in [9.17, 15) is 18.0 Å². The Labute approximate surface area is 114 Å². The molecule has 0 aliphatic rings. The first-order valence-electron chi connectivity index (χ1n) is 5.60. The number of hydrogen-bond donors (Lipinski definition) is 1. The summed E-state index contributed by atoms with van der Waals surface area (Å²) in [4.78, 5) is 16.9. The number of hydrogen-bond acceptors (Lipinski definition) is 3. The average molecular weight is 296 g/mol. The molecule has 2 heterocycles. The molecule has 7 heteroatoms. The zero-order valence-electron chi connectivity index (χ0n) is 9.86. The number of nitrogens with zero attached hydrogens (tertiary/aromatic N) is 1. The van der Waals surface area contributed by atoms with E-state index < -0.39 is 17.4 Å². The summed E-state index contributed by atoms with van der Waals surface area (Å²) in [6.07, 6.45) is -4.00. The van der Waals surface area contributed by atoms with E-state index in [4.69, 9.17) is 0 Å². The second-order valence-electron chi connectivity index (χ2n) is 4.12. The highest BCUT2D eigenvalue weighted by atomic mass is 32.1. The molecule has 3 aromatic rings. The van der Waals surface area contributed by atoms with Gasteiger partial charge in [-0.25, -0.2) is 9.78 Å². The molecule has 0 radical (unpaired) electrons. The lowest BCUT2D eigenvalue weighted by Crippen LogP contribution is -2.17. The molecule has 20 heavy (non-hydrogen) atoms. The van der Waals surface area contributed by atoms with Crippen molar-refractivity contribution in [3.05, 3.63) is 52.6 Å². The van der Waals surface area contributed by atoms with Crippen LogP contribution in [-0.2, 0) is 6.18 Å². The van der Waals surface area contributed by atoms with Gasteiger partial charge in [-0.05, 0) is 17.5 Å². The molecule has 0 bridgehead atoms. The maximum atomic E-state index is 13.0. The van der Waals surface area contributed by atoms with E-state index in [1.54, 1.807) is 12.1 Å². The number of aromatic nitrogens is 2. The number of fused-ring (bicyclic) bond motifs is 1. The average Bonchev–Trinajstić information content (AvgIpc) is 2.80. The molecule has 0 aliphatic carbocycles. The van der Waals surface area contributed by atoms with Crippen molar-refractivity contribution in [1.82, 2.24) is 9.97 Å². The highest BCUT2D eigenvalue weighted by Gasteiger charge is 2.35. The van der Waals surface area contributed by atoms with Gasteiger partial charge in [-0.2, -0.15) is 13.2 Å². The summed E-state index contributed by atoms with van der Waals surface area (Å²) >= 11 is 1.19. The third-order valence-electron chi connectivity index (χ3n) is 2.79. The number of aromatic amines is 1. The number of benzene rings is 1. The van der Waals surface area contributed by atoms with Crippen LogP contribution in [0.1, 0.15) is 5.56 Å². The van der Waals surface area contributed by atoms with Gasteiger partial charge in [0.2, 0.25) is 0 Å². The highest BCUT2D eigenvalue weighted by Crippen LogP contribution is 2.39. The van der Waals surface area contributed by atoms with Crippen molar-refractivity contribution in [2.24, 2.45) is 0 Å². The van der Waals surface area contributed by atoms with Crippen LogP contribution in [0.3, 0.4) is 0 Å². The van der Waals surface area contributed by atoms with Crippen LogP contribution in [0.5, 0.6) is 0 Å². The molecule has 0 unspecified atom stereocenters. The van der Waals surface area contributed by atoms with Gasteiger partial charge >= 0.3 is 11.9 Å². The lowest BCUT2D eigenvalue weighted by molar-refractivity contribution is -0.137. The minimum Gasteiger partial charge on any atom is -0.304 e. The number of thiophene rings is 1. The largest absolute Gasteiger partial charge is 0.419 e. The van der Waals surface area contributed by atoms with Crippen LogP contribution in [0.15, 0.2) is 41.3 Å². The van der Waals surface area contributed by atoms with Crippen molar-refractivity contribution >= 4 is 21.4 Å². The van der Waals surface area contributed by atoms with Gasteiger partial charge in [0.15, 0.2) is 0 Å². The van der Waals surface area contributed by atoms with Gasteiger partial charge in [0.1, 0.15) is 0 Å². The molecule has 0 fully saturated rings. The molecule has 3 nitrogen and oxygen atoms in total. The molecular formula is C13H7F3N2OS. The molecule has 0 saturated carbocycles. The first kappa shape index (κ1) is 12.9. The number of H-pyrrole nitrogens is 1.